The number of amides is 1. The molecular formula is C13H21BrN2OS. The molecule has 2 heterocycles. The van der Waals surface area contributed by atoms with Gasteiger partial charge in [-0.25, -0.2) is 0 Å². The Bertz CT molecular complexity index is 355. The second-order valence-electron chi connectivity index (χ2n) is 5.27. The Morgan fingerprint density at radius 1 is 1.28 bits per heavy atom. The molecule has 0 aromatic carbocycles. The lowest BCUT2D eigenvalue weighted by Gasteiger charge is -2.41. The molecule has 0 N–H and O–H groups in total. The first-order chi connectivity index (χ1) is 8.27. The molecule has 3 rings (SSSR count). The zero-order valence-electron chi connectivity index (χ0n) is 10.8. The highest BCUT2D eigenvalue weighted by Crippen LogP contribution is 2.41. The molecule has 5 heteroatoms. The van der Waals surface area contributed by atoms with Crippen molar-refractivity contribution in [3.8, 4) is 0 Å². The SMILES string of the molecule is Br.CN1C(=O)SC2=CCCC(N3CCCCC3)C21. The highest BCUT2D eigenvalue weighted by molar-refractivity contribution is 8.93. The van der Waals surface area contributed by atoms with E-state index in [0.29, 0.717) is 12.1 Å². The summed E-state index contributed by atoms with van der Waals surface area (Å²) in [5.41, 5.74) is 0. The molecule has 2 atom stereocenters. The molecule has 102 valence electrons. The van der Waals surface area contributed by atoms with Crippen LogP contribution in [0.3, 0.4) is 0 Å². The summed E-state index contributed by atoms with van der Waals surface area (Å²) in [6.45, 7) is 2.45. The molecule has 18 heavy (non-hydrogen) atoms. The third-order valence-electron chi connectivity index (χ3n) is 4.23. The Balaban J connectivity index is 0.00000120. The van der Waals surface area contributed by atoms with Crippen LogP contribution in [0.15, 0.2) is 11.0 Å². The third kappa shape index (κ3) is 2.49. The summed E-state index contributed by atoms with van der Waals surface area (Å²) in [6, 6.07) is 0.915. The van der Waals surface area contributed by atoms with Gasteiger partial charge < -0.3 is 4.90 Å². The second kappa shape index (κ2) is 5.97. The number of piperidine rings is 1. The van der Waals surface area contributed by atoms with E-state index in [1.54, 1.807) is 0 Å². The van der Waals surface area contributed by atoms with E-state index in [-0.39, 0.29) is 22.2 Å². The lowest BCUT2D eigenvalue weighted by atomic mass is 9.92. The monoisotopic (exact) mass is 332 g/mol. The van der Waals surface area contributed by atoms with Crippen molar-refractivity contribution in [3.63, 3.8) is 0 Å². The Morgan fingerprint density at radius 3 is 2.72 bits per heavy atom. The van der Waals surface area contributed by atoms with Crippen LogP contribution in [-0.2, 0) is 0 Å². The molecule has 3 nitrogen and oxygen atoms in total. The number of carbonyl (C=O) groups is 1. The van der Waals surface area contributed by atoms with Gasteiger partial charge in [0, 0.05) is 18.0 Å². The van der Waals surface area contributed by atoms with Crippen LogP contribution in [0.4, 0.5) is 4.79 Å². The number of halogens is 1. The van der Waals surface area contributed by atoms with Gasteiger partial charge in [0.1, 0.15) is 0 Å². The molecule has 1 amide bonds. The summed E-state index contributed by atoms with van der Waals surface area (Å²) in [5, 5.41) is 0.227. The number of fused-ring (bicyclic) bond motifs is 1. The topological polar surface area (TPSA) is 23.6 Å². The molecule has 0 saturated carbocycles. The Kier molecular flexibility index (Phi) is 4.78. The first-order valence-electron chi connectivity index (χ1n) is 6.66. The van der Waals surface area contributed by atoms with Crippen LogP contribution in [0, 0.1) is 0 Å². The molecule has 2 unspecified atom stereocenters. The van der Waals surface area contributed by atoms with E-state index in [0.717, 1.165) is 6.42 Å². The molecule has 2 saturated heterocycles. The standard InChI is InChI=1S/C13H20N2OS.BrH/c1-14-12-10(15-8-3-2-4-9-15)6-5-7-11(12)17-13(14)16;/h7,10,12H,2-6,8-9H2,1H3;1H. The van der Waals surface area contributed by atoms with E-state index in [2.05, 4.69) is 11.0 Å². The van der Waals surface area contributed by atoms with Gasteiger partial charge >= 0.3 is 0 Å². The number of likely N-dealkylation sites (N-methyl/N-ethyl adjacent to an activating group) is 1. The number of hydrogen-bond acceptors (Lipinski definition) is 3. The highest BCUT2D eigenvalue weighted by Gasteiger charge is 2.42. The van der Waals surface area contributed by atoms with Gasteiger partial charge in [-0.05, 0) is 50.5 Å². The normalized spacial score (nSPS) is 32.8. The lowest BCUT2D eigenvalue weighted by Crippen LogP contribution is -2.51. The molecule has 0 bridgehead atoms. The van der Waals surface area contributed by atoms with Crippen LogP contribution in [-0.4, -0.2) is 47.3 Å². The summed E-state index contributed by atoms with van der Waals surface area (Å²) in [5.74, 6) is 0. The number of nitrogens with zero attached hydrogens (tertiary/aromatic N) is 2. The van der Waals surface area contributed by atoms with Crippen molar-refractivity contribution in [3.05, 3.63) is 11.0 Å². The van der Waals surface area contributed by atoms with Crippen LogP contribution in [0.2, 0.25) is 0 Å². The van der Waals surface area contributed by atoms with E-state index in [1.165, 1.54) is 55.4 Å². The molecule has 0 aromatic heterocycles. The van der Waals surface area contributed by atoms with Crippen molar-refractivity contribution in [1.82, 2.24) is 9.80 Å². The fourth-order valence-electron chi connectivity index (χ4n) is 3.33. The number of carbonyl (C=O) groups excluding carboxylic acids is 1. The van der Waals surface area contributed by atoms with Gasteiger partial charge in [0.25, 0.3) is 5.24 Å². The van der Waals surface area contributed by atoms with Gasteiger partial charge in [-0.2, -0.15) is 0 Å². The Morgan fingerprint density at radius 2 is 2.00 bits per heavy atom. The van der Waals surface area contributed by atoms with E-state index in [9.17, 15) is 4.79 Å². The van der Waals surface area contributed by atoms with Crippen LogP contribution < -0.4 is 0 Å². The predicted molar refractivity (Wildman–Crippen MR) is 81.4 cm³/mol. The van der Waals surface area contributed by atoms with Gasteiger partial charge in [-0.1, -0.05) is 12.5 Å². The summed E-state index contributed by atoms with van der Waals surface area (Å²) in [6.07, 6.45) is 8.66. The smallest absolute Gasteiger partial charge is 0.286 e. The van der Waals surface area contributed by atoms with E-state index in [1.807, 2.05) is 11.9 Å². The van der Waals surface area contributed by atoms with Gasteiger partial charge in [-0.3, -0.25) is 9.69 Å². The maximum atomic E-state index is 11.8. The summed E-state index contributed by atoms with van der Waals surface area (Å²) in [7, 11) is 1.96. The molecular weight excluding hydrogens is 312 g/mol. The first-order valence-corrected chi connectivity index (χ1v) is 7.48. The summed E-state index contributed by atoms with van der Waals surface area (Å²) in [4.78, 5) is 17.7. The maximum Gasteiger partial charge on any atom is 0.286 e. The van der Waals surface area contributed by atoms with Crippen molar-refractivity contribution >= 4 is 34.0 Å². The molecule has 2 fully saturated rings. The van der Waals surface area contributed by atoms with Crippen LogP contribution in [0.25, 0.3) is 0 Å². The van der Waals surface area contributed by atoms with E-state index >= 15 is 0 Å². The quantitative estimate of drug-likeness (QED) is 0.736. The van der Waals surface area contributed by atoms with Crippen LogP contribution in [0.5, 0.6) is 0 Å². The van der Waals surface area contributed by atoms with Crippen LogP contribution in [0.1, 0.15) is 32.1 Å². The summed E-state index contributed by atoms with van der Waals surface area (Å²) >= 11 is 1.45. The molecule has 1 aliphatic carbocycles. The number of thioether (sulfide) groups is 1. The molecule has 2 aliphatic heterocycles. The molecule has 0 spiro atoms. The van der Waals surface area contributed by atoms with Gasteiger partial charge in [0.2, 0.25) is 0 Å². The zero-order chi connectivity index (χ0) is 11.8. The van der Waals surface area contributed by atoms with Gasteiger partial charge in [-0.15, -0.1) is 17.0 Å². The summed E-state index contributed by atoms with van der Waals surface area (Å²) < 4.78 is 0. The minimum Gasteiger partial charge on any atom is -0.327 e. The zero-order valence-corrected chi connectivity index (χ0v) is 13.3. The maximum absolute atomic E-state index is 11.8. The largest absolute Gasteiger partial charge is 0.327 e. The van der Waals surface area contributed by atoms with Crippen molar-refractivity contribution in [2.45, 2.75) is 44.2 Å². The Hall–Kier alpha value is -0.0000000000000000763. The third-order valence-corrected chi connectivity index (χ3v) is 5.34. The molecule has 0 aromatic rings. The van der Waals surface area contributed by atoms with E-state index in [4.69, 9.17) is 0 Å². The second-order valence-corrected chi connectivity index (χ2v) is 6.30. The average Bonchev–Trinajstić information content (AvgIpc) is 2.66. The van der Waals surface area contributed by atoms with E-state index < -0.39 is 0 Å². The number of rotatable bonds is 1. The number of likely N-dealkylation sites (tertiary alicyclic amines) is 1. The molecule has 0 radical (unpaired) electrons. The fraction of sp³-hybridized carbons (Fsp3) is 0.769. The minimum atomic E-state index is 0. The van der Waals surface area contributed by atoms with Crippen molar-refractivity contribution in [2.75, 3.05) is 20.1 Å². The first kappa shape index (κ1) is 14.4. The fourth-order valence-corrected chi connectivity index (χ4v) is 4.43. The minimum absolute atomic E-state index is 0. The number of allylic oxidation sites excluding steroid dienone is 1. The van der Waals surface area contributed by atoms with Crippen LogP contribution >= 0.6 is 28.7 Å². The van der Waals surface area contributed by atoms with Crippen molar-refractivity contribution in [1.29, 1.82) is 0 Å². The molecule has 3 aliphatic rings. The highest BCUT2D eigenvalue weighted by atomic mass is 79.9. The lowest BCUT2D eigenvalue weighted by molar-refractivity contribution is 0.104. The van der Waals surface area contributed by atoms with Crippen molar-refractivity contribution < 1.29 is 4.79 Å². The number of hydrogen-bond donors (Lipinski definition) is 0. The van der Waals surface area contributed by atoms with Crippen molar-refractivity contribution in [2.24, 2.45) is 0 Å². The van der Waals surface area contributed by atoms with Gasteiger partial charge in [0.15, 0.2) is 0 Å². The van der Waals surface area contributed by atoms with Gasteiger partial charge in [0.05, 0.1) is 6.04 Å². The average molecular weight is 333 g/mol. The Labute approximate surface area is 124 Å². The predicted octanol–water partition coefficient (Wildman–Crippen LogP) is 3.26.